The molecule has 2 heteroatoms. The third-order valence-electron chi connectivity index (χ3n) is 2.44. The zero-order valence-electron chi connectivity index (χ0n) is 6.68. The first-order valence-electron chi connectivity index (χ1n) is 4.03. The van der Waals surface area contributed by atoms with E-state index < -0.39 is 0 Å². The van der Waals surface area contributed by atoms with Crippen LogP contribution in [-0.2, 0) is 0 Å². The van der Waals surface area contributed by atoms with E-state index in [0.29, 0.717) is 0 Å². The van der Waals surface area contributed by atoms with Crippen LogP contribution in [0.2, 0.25) is 0 Å². The fraction of sp³-hybridized carbons (Fsp3) is 0.556. The average Bonchev–Trinajstić information content (AvgIpc) is 2.33. The topological polar surface area (TPSA) is 3.24 Å². The summed E-state index contributed by atoms with van der Waals surface area (Å²) in [5, 5.41) is 0.217. The fourth-order valence-corrected chi connectivity index (χ4v) is 1.97. The molecule has 1 atom stereocenters. The van der Waals surface area contributed by atoms with Gasteiger partial charge in [-0.3, -0.25) is 0 Å². The van der Waals surface area contributed by atoms with Crippen molar-refractivity contribution in [3.8, 4) is 0 Å². The highest BCUT2D eigenvalue weighted by Crippen LogP contribution is 2.31. The van der Waals surface area contributed by atoms with Gasteiger partial charge in [0.15, 0.2) is 0 Å². The van der Waals surface area contributed by atoms with Crippen LogP contribution in [0.5, 0.6) is 0 Å². The van der Waals surface area contributed by atoms with Crippen molar-refractivity contribution in [3.05, 3.63) is 23.4 Å². The molecule has 1 aliphatic heterocycles. The van der Waals surface area contributed by atoms with Crippen LogP contribution in [0.3, 0.4) is 0 Å². The van der Waals surface area contributed by atoms with Crippen molar-refractivity contribution in [3.63, 3.8) is 0 Å². The van der Waals surface area contributed by atoms with Gasteiger partial charge in [0.1, 0.15) is 0 Å². The van der Waals surface area contributed by atoms with Gasteiger partial charge in [0.05, 0.1) is 5.38 Å². The summed E-state index contributed by atoms with van der Waals surface area (Å²) >= 11 is 6.00. The van der Waals surface area contributed by atoms with Gasteiger partial charge in [0.2, 0.25) is 0 Å². The van der Waals surface area contributed by atoms with Crippen molar-refractivity contribution in [1.82, 2.24) is 4.90 Å². The SMILES string of the molecule is CN1CCC2=C1CC(Cl)C=C2. The Morgan fingerprint density at radius 1 is 1.64 bits per heavy atom. The lowest BCUT2D eigenvalue weighted by Crippen LogP contribution is -2.16. The zero-order chi connectivity index (χ0) is 7.84. The van der Waals surface area contributed by atoms with E-state index in [-0.39, 0.29) is 5.38 Å². The number of halogens is 1. The third kappa shape index (κ3) is 1.18. The lowest BCUT2D eigenvalue weighted by molar-refractivity contribution is 0.442. The Bertz CT molecular complexity index is 230. The van der Waals surface area contributed by atoms with E-state index in [1.807, 2.05) is 0 Å². The summed E-state index contributed by atoms with van der Waals surface area (Å²) in [6.45, 7) is 1.17. The fourth-order valence-electron chi connectivity index (χ4n) is 1.75. The number of nitrogens with zero attached hydrogens (tertiary/aromatic N) is 1. The number of hydrogen-bond donors (Lipinski definition) is 0. The zero-order valence-corrected chi connectivity index (χ0v) is 7.43. The van der Waals surface area contributed by atoms with Gasteiger partial charge in [-0.05, 0) is 12.0 Å². The van der Waals surface area contributed by atoms with Crippen LogP contribution < -0.4 is 0 Å². The van der Waals surface area contributed by atoms with Gasteiger partial charge >= 0.3 is 0 Å². The molecule has 2 rings (SSSR count). The molecule has 60 valence electrons. The number of hydrogen-bond acceptors (Lipinski definition) is 1. The summed E-state index contributed by atoms with van der Waals surface area (Å²) in [4.78, 5) is 2.31. The predicted octanol–water partition coefficient (Wildman–Crippen LogP) is 2.14. The monoisotopic (exact) mass is 169 g/mol. The van der Waals surface area contributed by atoms with E-state index in [1.165, 1.54) is 24.2 Å². The molecule has 0 saturated carbocycles. The highest BCUT2D eigenvalue weighted by atomic mass is 35.5. The van der Waals surface area contributed by atoms with Crippen molar-refractivity contribution in [2.45, 2.75) is 18.2 Å². The first-order chi connectivity index (χ1) is 5.27. The maximum absolute atomic E-state index is 6.00. The van der Waals surface area contributed by atoms with Gasteiger partial charge < -0.3 is 4.90 Å². The van der Waals surface area contributed by atoms with Gasteiger partial charge in [0.25, 0.3) is 0 Å². The van der Waals surface area contributed by atoms with E-state index in [1.54, 1.807) is 0 Å². The molecule has 0 fully saturated rings. The molecule has 0 aromatic heterocycles. The molecule has 1 heterocycles. The highest BCUT2D eigenvalue weighted by molar-refractivity contribution is 6.22. The Morgan fingerprint density at radius 2 is 2.45 bits per heavy atom. The Labute approximate surface area is 72.3 Å². The van der Waals surface area contributed by atoms with Gasteiger partial charge in [-0.25, -0.2) is 0 Å². The van der Waals surface area contributed by atoms with E-state index in [4.69, 9.17) is 11.6 Å². The van der Waals surface area contributed by atoms with Gasteiger partial charge in [0, 0.05) is 25.7 Å². The first kappa shape index (κ1) is 7.23. The van der Waals surface area contributed by atoms with Crippen molar-refractivity contribution in [2.24, 2.45) is 0 Å². The summed E-state index contributed by atoms with van der Waals surface area (Å²) in [6, 6.07) is 0. The highest BCUT2D eigenvalue weighted by Gasteiger charge is 2.22. The Balaban J connectivity index is 2.26. The molecule has 0 saturated heterocycles. The average molecular weight is 170 g/mol. The van der Waals surface area contributed by atoms with E-state index in [2.05, 4.69) is 24.1 Å². The summed E-state index contributed by atoms with van der Waals surface area (Å²) in [6.07, 6.45) is 6.50. The quantitative estimate of drug-likeness (QED) is 0.503. The molecular formula is C9H12ClN. The molecule has 0 aromatic rings. The lowest BCUT2D eigenvalue weighted by atomic mass is 10.0. The van der Waals surface area contributed by atoms with Crippen LogP contribution in [0.25, 0.3) is 0 Å². The molecular weight excluding hydrogens is 158 g/mol. The Hall–Kier alpha value is -0.430. The molecule has 0 amide bonds. The van der Waals surface area contributed by atoms with Crippen LogP contribution in [0.4, 0.5) is 0 Å². The molecule has 1 unspecified atom stereocenters. The van der Waals surface area contributed by atoms with Crippen LogP contribution in [0.15, 0.2) is 23.4 Å². The largest absolute Gasteiger partial charge is 0.377 e. The molecule has 1 aliphatic carbocycles. The second-order valence-electron chi connectivity index (χ2n) is 3.22. The molecule has 0 bridgehead atoms. The molecule has 0 aromatic carbocycles. The second kappa shape index (κ2) is 2.56. The standard InChI is InChI=1S/C9H12ClN/c1-11-5-4-7-2-3-8(10)6-9(7)11/h2-3,8H,4-6H2,1H3. The van der Waals surface area contributed by atoms with E-state index in [0.717, 1.165) is 6.42 Å². The first-order valence-corrected chi connectivity index (χ1v) is 4.46. The molecule has 1 nitrogen and oxygen atoms in total. The molecule has 11 heavy (non-hydrogen) atoms. The number of rotatable bonds is 0. The van der Waals surface area contributed by atoms with Crippen molar-refractivity contribution >= 4 is 11.6 Å². The van der Waals surface area contributed by atoms with Crippen LogP contribution in [0, 0.1) is 0 Å². The van der Waals surface area contributed by atoms with Gasteiger partial charge in [-0.15, -0.1) is 11.6 Å². The van der Waals surface area contributed by atoms with Crippen LogP contribution in [0.1, 0.15) is 12.8 Å². The van der Waals surface area contributed by atoms with Gasteiger partial charge in [-0.2, -0.15) is 0 Å². The Morgan fingerprint density at radius 3 is 3.27 bits per heavy atom. The third-order valence-corrected chi connectivity index (χ3v) is 2.74. The second-order valence-corrected chi connectivity index (χ2v) is 3.78. The maximum Gasteiger partial charge on any atom is 0.0573 e. The van der Waals surface area contributed by atoms with Crippen molar-refractivity contribution in [2.75, 3.05) is 13.6 Å². The van der Waals surface area contributed by atoms with Crippen LogP contribution >= 0.6 is 11.6 Å². The van der Waals surface area contributed by atoms with E-state index >= 15 is 0 Å². The number of allylic oxidation sites excluding steroid dienone is 3. The molecule has 0 spiro atoms. The number of alkyl halides is 1. The van der Waals surface area contributed by atoms with Crippen LogP contribution in [-0.4, -0.2) is 23.9 Å². The van der Waals surface area contributed by atoms with Crippen molar-refractivity contribution in [1.29, 1.82) is 0 Å². The molecule has 0 radical (unpaired) electrons. The smallest absolute Gasteiger partial charge is 0.0573 e. The minimum Gasteiger partial charge on any atom is -0.377 e. The van der Waals surface area contributed by atoms with Gasteiger partial charge in [-0.1, -0.05) is 12.2 Å². The molecule has 2 aliphatic rings. The van der Waals surface area contributed by atoms with E-state index in [9.17, 15) is 0 Å². The molecule has 0 N–H and O–H groups in total. The lowest BCUT2D eigenvalue weighted by Gasteiger charge is -2.20. The predicted molar refractivity (Wildman–Crippen MR) is 47.7 cm³/mol. The summed E-state index contributed by atoms with van der Waals surface area (Å²) in [5.74, 6) is 0. The maximum atomic E-state index is 6.00. The Kier molecular flexibility index (Phi) is 1.68. The normalized spacial score (nSPS) is 29.6. The van der Waals surface area contributed by atoms with Crippen molar-refractivity contribution < 1.29 is 0 Å². The summed E-state index contributed by atoms with van der Waals surface area (Å²) in [5.41, 5.74) is 2.94. The summed E-state index contributed by atoms with van der Waals surface area (Å²) < 4.78 is 0. The summed E-state index contributed by atoms with van der Waals surface area (Å²) in [7, 11) is 2.14. The minimum absolute atomic E-state index is 0.217. The minimum atomic E-state index is 0.217.